The first-order chi connectivity index (χ1) is 10.9. The second-order valence-corrected chi connectivity index (χ2v) is 9.64. The maximum absolute atomic E-state index is 11.5. The molecule has 0 amide bonds. The molecule has 0 unspecified atom stereocenters. The second kappa shape index (κ2) is 6.63. The molecule has 2 heterocycles. The lowest BCUT2D eigenvalue weighted by molar-refractivity contribution is 0.207. The van der Waals surface area contributed by atoms with Gasteiger partial charge in [0.05, 0.1) is 30.0 Å². The zero-order valence-corrected chi connectivity index (χ0v) is 14.6. The van der Waals surface area contributed by atoms with Crippen LogP contribution in [0.25, 0.3) is 0 Å². The van der Waals surface area contributed by atoms with Crippen molar-refractivity contribution in [2.45, 2.75) is 15.7 Å². The van der Waals surface area contributed by atoms with Crippen LogP contribution < -0.4 is 10.1 Å². The minimum Gasteiger partial charge on any atom is -0.497 e. The average Bonchev–Trinajstić information content (AvgIpc) is 3.04. The first kappa shape index (κ1) is 16.5. The topological polar surface area (TPSA) is 101 Å². The maximum Gasteiger partial charge on any atom is 0.210 e. The Kier molecular flexibility index (Phi) is 4.76. The number of anilines is 2. The third kappa shape index (κ3) is 4.14. The summed E-state index contributed by atoms with van der Waals surface area (Å²) < 4.78 is 28.7. The monoisotopic (exact) mass is 373 g/mol. The summed E-state index contributed by atoms with van der Waals surface area (Å²) in [7, 11) is -1.55. The molecule has 2 aromatic rings. The van der Waals surface area contributed by atoms with Crippen LogP contribution in [-0.2, 0) is 9.84 Å². The molecule has 1 fully saturated rings. The minimum absolute atomic E-state index is 0.0281. The van der Waals surface area contributed by atoms with Gasteiger partial charge in [0.2, 0.25) is 5.13 Å². The predicted octanol–water partition coefficient (Wildman–Crippen LogP) is 1.54. The smallest absolute Gasteiger partial charge is 0.210 e. The highest BCUT2D eigenvalue weighted by molar-refractivity contribution is 8.03. The van der Waals surface area contributed by atoms with Crippen molar-refractivity contribution in [3.63, 3.8) is 0 Å². The standard InChI is InChI=1S/C13H15N3O4S3/c1-20-9-4-2-8(3-5-9)14-12-15-16-13(22-12)21-11-7-23(18,19)6-10(11)17/h2-5,10-11,17H,6-7H2,1H3,(H,14,15)/t10-,11+/m1/s1. The van der Waals surface area contributed by atoms with Crippen LogP contribution in [0.5, 0.6) is 5.75 Å². The van der Waals surface area contributed by atoms with E-state index < -0.39 is 15.9 Å². The van der Waals surface area contributed by atoms with Gasteiger partial charge < -0.3 is 15.2 Å². The van der Waals surface area contributed by atoms with Gasteiger partial charge in [-0.2, -0.15) is 0 Å². The van der Waals surface area contributed by atoms with E-state index in [2.05, 4.69) is 15.5 Å². The third-order valence-electron chi connectivity index (χ3n) is 3.27. The molecule has 1 aliphatic heterocycles. The van der Waals surface area contributed by atoms with Crippen molar-refractivity contribution < 1.29 is 18.3 Å². The van der Waals surface area contributed by atoms with E-state index in [0.29, 0.717) is 9.47 Å². The van der Waals surface area contributed by atoms with Gasteiger partial charge >= 0.3 is 0 Å². The average molecular weight is 373 g/mol. The van der Waals surface area contributed by atoms with Gasteiger partial charge in [0, 0.05) is 5.69 Å². The van der Waals surface area contributed by atoms with Crippen LogP contribution >= 0.6 is 23.1 Å². The van der Waals surface area contributed by atoms with E-state index in [4.69, 9.17) is 4.74 Å². The van der Waals surface area contributed by atoms with Crippen molar-refractivity contribution in [1.82, 2.24) is 10.2 Å². The number of aliphatic hydroxyl groups is 1. The molecule has 10 heteroatoms. The molecule has 3 rings (SSSR count). The number of ether oxygens (including phenoxy) is 1. The van der Waals surface area contributed by atoms with Gasteiger partial charge in [-0.25, -0.2) is 8.42 Å². The molecule has 0 radical (unpaired) electrons. The fraction of sp³-hybridized carbons (Fsp3) is 0.385. The lowest BCUT2D eigenvalue weighted by atomic mass is 10.3. The molecule has 1 aromatic heterocycles. The molecule has 1 aromatic carbocycles. The van der Waals surface area contributed by atoms with Gasteiger partial charge in [0.15, 0.2) is 14.2 Å². The molecule has 0 bridgehead atoms. The highest BCUT2D eigenvalue weighted by Gasteiger charge is 2.37. The minimum atomic E-state index is -3.16. The van der Waals surface area contributed by atoms with Crippen LogP contribution in [0, 0.1) is 0 Å². The fourth-order valence-electron chi connectivity index (χ4n) is 2.14. The van der Waals surface area contributed by atoms with Crippen molar-refractivity contribution in [2.75, 3.05) is 23.9 Å². The van der Waals surface area contributed by atoms with Crippen LogP contribution in [0.1, 0.15) is 0 Å². The van der Waals surface area contributed by atoms with Gasteiger partial charge in [0.25, 0.3) is 0 Å². The zero-order valence-electron chi connectivity index (χ0n) is 12.2. The molecule has 2 N–H and O–H groups in total. The number of aromatic nitrogens is 2. The van der Waals surface area contributed by atoms with E-state index in [1.807, 2.05) is 24.3 Å². The van der Waals surface area contributed by atoms with Gasteiger partial charge in [-0.15, -0.1) is 10.2 Å². The lowest BCUT2D eigenvalue weighted by Crippen LogP contribution is -2.19. The fourth-order valence-corrected chi connectivity index (χ4v) is 6.67. The van der Waals surface area contributed by atoms with Crippen LogP contribution in [0.2, 0.25) is 0 Å². The van der Waals surface area contributed by atoms with E-state index in [1.54, 1.807) is 7.11 Å². The first-order valence-electron chi connectivity index (χ1n) is 6.75. The van der Waals surface area contributed by atoms with Crippen molar-refractivity contribution in [3.05, 3.63) is 24.3 Å². The number of sulfone groups is 1. The van der Waals surface area contributed by atoms with E-state index in [0.717, 1.165) is 11.4 Å². The van der Waals surface area contributed by atoms with E-state index in [1.165, 1.54) is 23.1 Å². The highest BCUT2D eigenvalue weighted by atomic mass is 32.2. The van der Waals surface area contributed by atoms with Crippen LogP contribution in [0.15, 0.2) is 28.6 Å². The molecule has 0 saturated carbocycles. The molecule has 2 atom stereocenters. The van der Waals surface area contributed by atoms with E-state index in [-0.39, 0.29) is 16.8 Å². The number of rotatable bonds is 5. The number of benzene rings is 1. The number of methoxy groups -OCH3 is 1. The van der Waals surface area contributed by atoms with Gasteiger partial charge in [-0.1, -0.05) is 23.1 Å². The maximum atomic E-state index is 11.5. The Morgan fingerprint density at radius 3 is 2.65 bits per heavy atom. The normalized spacial score (nSPS) is 22.9. The van der Waals surface area contributed by atoms with E-state index in [9.17, 15) is 13.5 Å². The summed E-state index contributed by atoms with van der Waals surface area (Å²) in [6, 6.07) is 7.39. The summed E-state index contributed by atoms with van der Waals surface area (Å²) in [6.07, 6.45) is -0.855. The molecule has 23 heavy (non-hydrogen) atoms. The number of hydrogen-bond donors (Lipinski definition) is 2. The number of aliphatic hydroxyl groups excluding tert-OH is 1. The Morgan fingerprint density at radius 1 is 1.30 bits per heavy atom. The number of thioether (sulfide) groups is 1. The first-order valence-corrected chi connectivity index (χ1v) is 10.3. The van der Waals surface area contributed by atoms with Crippen LogP contribution in [0.4, 0.5) is 10.8 Å². The summed E-state index contributed by atoms with van der Waals surface area (Å²) in [5, 5.41) is 21.2. The molecular formula is C13H15N3O4S3. The van der Waals surface area contributed by atoms with Crippen molar-refractivity contribution in [2.24, 2.45) is 0 Å². The Morgan fingerprint density at radius 2 is 2.04 bits per heavy atom. The Hall–Kier alpha value is -1.36. The van der Waals surface area contributed by atoms with Gasteiger partial charge in [0.1, 0.15) is 5.75 Å². The second-order valence-electron chi connectivity index (χ2n) is 5.03. The summed E-state index contributed by atoms with van der Waals surface area (Å²) in [5.74, 6) is 0.556. The number of nitrogens with one attached hydrogen (secondary N) is 1. The molecule has 0 aliphatic carbocycles. The Balaban J connectivity index is 1.64. The number of hydrogen-bond acceptors (Lipinski definition) is 9. The molecular weight excluding hydrogens is 358 g/mol. The van der Waals surface area contributed by atoms with Crippen molar-refractivity contribution in [3.8, 4) is 5.75 Å². The lowest BCUT2D eigenvalue weighted by Gasteiger charge is -2.08. The third-order valence-corrected chi connectivity index (χ3v) is 7.44. The van der Waals surface area contributed by atoms with Crippen LogP contribution in [0.3, 0.4) is 0 Å². The SMILES string of the molecule is COc1ccc(Nc2nnc(S[C@H]3CS(=O)(=O)C[C@H]3O)s2)cc1. The quantitative estimate of drug-likeness (QED) is 0.814. The van der Waals surface area contributed by atoms with Gasteiger partial charge in [-0.05, 0) is 24.3 Å². The number of nitrogens with zero attached hydrogens (tertiary/aromatic N) is 2. The highest BCUT2D eigenvalue weighted by Crippen LogP contribution is 2.35. The largest absolute Gasteiger partial charge is 0.497 e. The van der Waals surface area contributed by atoms with Crippen LogP contribution in [-0.4, -0.2) is 53.7 Å². The summed E-state index contributed by atoms with van der Waals surface area (Å²) >= 11 is 2.57. The molecule has 124 valence electrons. The van der Waals surface area contributed by atoms with Gasteiger partial charge in [-0.3, -0.25) is 0 Å². The molecule has 1 aliphatic rings. The molecule has 7 nitrogen and oxygen atoms in total. The summed E-state index contributed by atoms with van der Waals surface area (Å²) in [4.78, 5) is 0. The molecule has 0 spiro atoms. The van der Waals surface area contributed by atoms with E-state index >= 15 is 0 Å². The summed E-state index contributed by atoms with van der Waals surface area (Å²) in [5.41, 5.74) is 0.849. The van der Waals surface area contributed by atoms with Crippen molar-refractivity contribution in [1.29, 1.82) is 0 Å². The predicted molar refractivity (Wildman–Crippen MR) is 90.5 cm³/mol. The van der Waals surface area contributed by atoms with Crippen molar-refractivity contribution >= 4 is 43.8 Å². The Labute approximate surface area is 142 Å². The Bertz CT molecular complexity index is 776. The molecule has 1 saturated heterocycles. The summed E-state index contributed by atoms with van der Waals surface area (Å²) in [6.45, 7) is 0. The zero-order chi connectivity index (χ0) is 16.4.